The molecular weight excluding hydrogens is 80.0 g/mol. The van der Waals surface area contributed by atoms with Gasteiger partial charge in [-0.2, -0.15) is 0 Å². The highest BCUT2D eigenvalue weighted by molar-refractivity contribution is 5.86. The Balaban J connectivity index is 2.37. The predicted molar refractivity (Wildman–Crippen MR) is 20.4 cm³/mol. The largest absolute Gasteiger partial charge is 0.291 e. The molecule has 0 bridgehead atoms. The van der Waals surface area contributed by atoms with Gasteiger partial charge in [0.2, 0.25) is 5.91 Å². The molecule has 0 aliphatic carbocycles. The lowest BCUT2D eigenvalue weighted by Gasteiger charge is -1.82. The van der Waals surface area contributed by atoms with E-state index >= 15 is 0 Å². The molecule has 1 aliphatic rings. The number of amides is 1. The van der Waals surface area contributed by atoms with E-state index in [0.717, 1.165) is 0 Å². The molecule has 0 aromatic carbocycles. The second-order valence-corrected chi connectivity index (χ2v) is 1.07. The van der Waals surface area contributed by atoms with Crippen LogP contribution in [0.15, 0.2) is 0 Å². The molecule has 0 unspecified atom stereocenters. The standard InChI is InChI=1S/C3H5N2O/c6-3-1-2-4-5-3/h1,4H,2H2,(H,5,6). The van der Waals surface area contributed by atoms with E-state index in [-0.39, 0.29) is 5.91 Å². The molecule has 0 atom stereocenters. The van der Waals surface area contributed by atoms with Gasteiger partial charge in [0.25, 0.3) is 0 Å². The Bertz CT molecular complexity index is 63.2. The molecule has 0 aromatic heterocycles. The summed E-state index contributed by atoms with van der Waals surface area (Å²) in [6.45, 7) is 0.652. The minimum Gasteiger partial charge on any atom is -0.291 e. The van der Waals surface area contributed by atoms with E-state index < -0.39 is 0 Å². The first-order valence-electron chi connectivity index (χ1n) is 1.75. The molecule has 1 heterocycles. The lowest BCUT2D eigenvalue weighted by atomic mass is 10.5. The third-order valence-electron chi connectivity index (χ3n) is 0.601. The van der Waals surface area contributed by atoms with Gasteiger partial charge in [-0.15, -0.1) is 0 Å². The smallest absolute Gasteiger partial charge is 0.239 e. The van der Waals surface area contributed by atoms with Crippen LogP contribution in [0.4, 0.5) is 0 Å². The third kappa shape index (κ3) is 0.490. The summed E-state index contributed by atoms with van der Waals surface area (Å²) < 4.78 is 0. The van der Waals surface area contributed by atoms with Gasteiger partial charge in [-0.3, -0.25) is 10.2 Å². The fourth-order valence-electron chi connectivity index (χ4n) is 0.333. The molecule has 3 heteroatoms. The highest BCUT2D eigenvalue weighted by atomic mass is 16.2. The van der Waals surface area contributed by atoms with Crippen LogP contribution < -0.4 is 10.9 Å². The highest BCUT2D eigenvalue weighted by Gasteiger charge is 2.05. The second kappa shape index (κ2) is 1.26. The van der Waals surface area contributed by atoms with Crippen LogP contribution in [0.2, 0.25) is 0 Å². The SMILES string of the molecule is O=C1[CH]CNN1. The molecule has 1 aliphatic heterocycles. The van der Waals surface area contributed by atoms with Gasteiger partial charge in [-0.25, -0.2) is 5.43 Å². The average Bonchev–Trinajstić information content (AvgIpc) is 1.86. The molecule has 1 amide bonds. The molecule has 0 saturated carbocycles. The fraction of sp³-hybridized carbons (Fsp3) is 0.333. The van der Waals surface area contributed by atoms with Crippen molar-refractivity contribution in [2.75, 3.05) is 6.54 Å². The van der Waals surface area contributed by atoms with Crippen LogP contribution in [0, 0.1) is 6.42 Å². The van der Waals surface area contributed by atoms with Gasteiger partial charge in [-0.1, -0.05) is 0 Å². The number of carbonyl (C=O) groups excluding carboxylic acids is 1. The van der Waals surface area contributed by atoms with Crippen molar-refractivity contribution in [3.8, 4) is 0 Å². The number of hydrogen-bond donors (Lipinski definition) is 2. The fourth-order valence-corrected chi connectivity index (χ4v) is 0.333. The Kier molecular flexibility index (Phi) is 0.759. The summed E-state index contributed by atoms with van der Waals surface area (Å²) in [5.74, 6) is -0.0324. The van der Waals surface area contributed by atoms with E-state index in [4.69, 9.17) is 0 Å². The van der Waals surface area contributed by atoms with E-state index in [2.05, 4.69) is 10.9 Å². The van der Waals surface area contributed by atoms with E-state index in [1.165, 1.54) is 0 Å². The number of rotatable bonds is 0. The van der Waals surface area contributed by atoms with Crippen molar-refractivity contribution in [3.63, 3.8) is 0 Å². The van der Waals surface area contributed by atoms with Crippen LogP contribution in [0.1, 0.15) is 0 Å². The Morgan fingerprint density at radius 2 is 2.67 bits per heavy atom. The van der Waals surface area contributed by atoms with Crippen LogP contribution in [0.25, 0.3) is 0 Å². The maximum atomic E-state index is 10.0. The van der Waals surface area contributed by atoms with Crippen molar-refractivity contribution in [1.29, 1.82) is 0 Å². The zero-order valence-electron chi connectivity index (χ0n) is 3.19. The topological polar surface area (TPSA) is 41.1 Å². The van der Waals surface area contributed by atoms with E-state index in [0.29, 0.717) is 6.54 Å². The van der Waals surface area contributed by atoms with Crippen molar-refractivity contribution in [2.45, 2.75) is 0 Å². The molecule has 33 valence electrons. The second-order valence-electron chi connectivity index (χ2n) is 1.07. The normalized spacial score (nSPS) is 21.0. The maximum Gasteiger partial charge on any atom is 0.239 e. The lowest BCUT2D eigenvalue weighted by molar-refractivity contribution is -0.116. The number of nitrogens with one attached hydrogen (secondary N) is 2. The molecule has 0 aromatic rings. The number of hydrazine groups is 1. The minimum atomic E-state index is -0.0324. The van der Waals surface area contributed by atoms with E-state index in [1.54, 1.807) is 6.42 Å². The zero-order valence-corrected chi connectivity index (χ0v) is 3.19. The Labute approximate surface area is 35.7 Å². The molecule has 1 saturated heterocycles. The average molecular weight is 85.1 g/mol. The molecule has 2 N–H and O–H groups in total. The summed E-state index contributed by atoms with van der Waals surface area (Å²) in [5.41, 5.74) is 4.99. The van der Waals surface area contributed by atoms with Gasteiger partial charge in [0.15, 0.2) is 0 Å². The van der Waals surface area contributed by atoms with Crippen LogP contribution >= 0.6 is 0 Å². The predicted octanol–water partition coefficient (Wildman–Crippen LogP) is -1.17. The summed E-state index contributed by atoms with van der Waals surface area (Å²) in [7, 11) is 0. The van der Waals surface area contributed by atoms with Gasteiger partial charge < -0.3 is 0 Å². The van der Waals surface area contributed by atoms with Crippen molar-refractivity contribution in [2.24, 2.45) is 0 Å². The maximum absolute atomic E-state index is 10.0. The Morgan fingerprint density at radius 3 is 2.83 bits per heavy atom. The summed E-state index contributed by atoms with van der Waals surface area (Å²) in [5, 5.41) is 0. The Morgan fingerprint density at radius 1 is 1.83 bits per heavy atom. The van der Waals surface area contributed by atoms with E-state index in [9.17, 15) is 4.79 Å². The van der Waals surface area contributed by atoms with Crippen LogP contribution in [-0.4, -0.2) is 12.5 Å². The van der Waals surface area contributed by atoms with Crippen molar-refractivity contribution in [1.82, 2.24) is 10.9 Å². The molecular formula is C3H5N2O. The number of carbonyl (C=O) groups is 1. The summed E-state index contributed by atoms with van der Waals surface area (Å²) >= 11 is 0. The van der Waals surface area contributed by atoms with Crippen molar-refractivity contribution < 1.29 is 4.79 Å². The first-order chi connectivity index (χ1) is 2.89. The summed E-state index contributed by atoms with van der Waals surface area (Å²) in [4.78, 5) is 10.0. The van der Waals surface area contributed by atoms with Crippen LogP contribution in [0.5, 0.6) is 0 Å². The monoisotopic (exact) mass is 85.0 g/mol. The van der Waals surface area contributed by atoms with Crippen LogP contribution in [-0.2, 0) is 4.79 Å². The van der Waals surface area contributed by atoms with E-state index in [1.807, 2.05) is 0 Å². The van der Waals surface area contributed by atoms with Gasteiger partial charge in [0.05, 0.1) is 6.42 Å². The molecule has 6 heavy (non-hydrogen) atoms. The van der Waals surface area contributed by atoms with Crippen molar-refractivity contribution in [3.05, 3.63) is 6.42 Å². The molecule has 0 spiro atoms. The first-order valence-corrected chi connectivity index (χ1v) is 1.75. The van der Waals surface area contributed by atoms with Crippen LogP contribution in [0.3, 0.4) is 0 Å². The third-order valence-corrected chi connectivity index (χ3v) is 0.601. The van der Waals surface area contributed by atoms with Crippen molar-refractivity contribution >= 4 is 5.91 Å². The molecule has 1 rings (SSSR count). The molecule has 3 nitrogen and oxygen atoms in total. The van der Waals surface area contributed by atoms with Gasteiger partial charge in [0.1, 0.15) is 0 Å². The number of hydrogen-bond acceptors (Lipinski definition) is 2. The van der Waals surface area contributed by atoms with Gasteiger partial charge in [0, 0.05) is 6.54 Å². The summed E-state index contributed by atoms with van der Waals surface area (Å²) in [6, 6.07) is 0. The highest BCUT2D eigenvalue weighted by Crippen LogP contribution is 1.77. The lowest BCUT2D eigenvalue weighted by Crippen LogP contribution is -2.25. The zero-order chi connectivity index (χ0) is 4.41. The van der Waals surface area contributed by atoms with Gasteiger partial charge >= 0.3 is 0 Å². The molecule has 1 fully saturated rings. The first kappa shape index (κ1) is 3.61. The minimum absolute atomic E-state index is 0.0324. The Hall–Kier alpha value is -0.570. The van der Waals surface area contributed by atoms with Gasteiger partial charge in [-0.05, 0) is 0 Å². The summed E-state index contributed by atoms with van der Waals surface area (Å²) in [6.07, 6.45) is 1.54. The quantitative estimate of drug-likeness (QED) is 0.389. The molecule has 1 radical (unpaired) electrons.